The smallest absolute Gasteiger partial charge is 0.119 e. The molecule has 0 saturated carbocycles. The molecule has 2 nitrogen and oxygen atoms in total. The number of unbranched alkanes of at least 4 members (excludes halogenated alkanes) is 7. The second-order valence-corrected chi connectivity index (χ2v) is 8.67. The zero-order valence-electron chi connectivity index (χ0n) is 20.4. The molecule has 0 unspecified atom stereocenters. The van der Waals surface area contributed by atoms with Gasteiger partial charge in [-0.25, -0.2) is 0 Å². The van der Waals surface area contributed by atoms with E-state index < -0.39 is 0 Å². The van der Waals surface area contributed by atoms with Crippen LogP contribution in [0.15, 0.2) is 60.7 Å². The van der Waals surface area contributed by atoms with Crippen molar-refractivity contribution in [2.24, 2.45) is 0 Å². The Balaban J connectivity index is 1.51. The lowest BCUT2D eigenvalue weighted by molar-refractivity contribution is 0.305. The summed E-state index contributed by atoms with van der Waals surface area (Å²) in [6.45, 7) is 6.04. The average Bonchev–Trinajstić information content (AvgIpc) is 2.85. The summed E-state index contributed by atoms with van der Waals surface area (Å²) in [5.41, 5.74) is 2.01. The third-order valence-corrected chi connectivity index (χ3v) is 5.80. The molecule has 2 heteroatoms. The van der Waals surface area contributed by atoms with E-state index >= 15 is 0 Å². The fourth-order valence-corrected chi connectivity index (χ4v) is 3.78. The van der Waals surface area contributed by atoms with E-state index in [4.69, 9.17) is 9.47 Å². The first-order chi connectivity index (χ1) is 16.3. The Morgan fingerprint density at radius 3 is 1.76 bits per heavy atom. The van der Waals surface area contributed by atoms with Crippen molar-refractivity contribution in [3.8, 4) is 23.3 Å². The number of benzene rings is 3. The standard InChI is InChI=1S/C31H38O2/c1-3-5-7-9-11-23-33-31-21-18-28-24-27(14-17-29(28)25-31)13-12-26-15-19-30(20-16-26)32-22-10-8-6-4-2/h14-21,24-25H,3-11,22-23H2,1-2H3. The van der Waals surface area contributed by atoms with Crippen molar-refractivity contribution in [1.82, 2.24) is 0 Å². The van der Waals surface area contributed by atoms with Crippen LogP contribution in [0.3, 0.4) is 0 Å². The van der Waals surface area contributed by atoms with Gasteiger partial charge in [0.25, 0.3) is 0 Å². The molecule has 0 spiro atoms. The molecule has 0 atom stereocenters. The first-order valence-corrected chi connectivity index (χ1v) is 12.7. The molecule has 0 radical (unpaired) electrons. The van der Waals surface area contributed by atoms with Crippen LogP contribution in [-0.4, -0.2) is 13.2 Å². The Labute approximate surface area is 200 Å². The Bertz CT molecular complexity index is 1020. The zero-order chi connectivity index (χ0) is 23.1. The molecule has 0 N–H and O–H groups in total. The molecule has 0 saturated heterocycles. The number of fused-ring (bicyclic) bond motifs is 1. The Kier molecular flexibility index (Phi) is 10.7. The first-order valence-electron chi connectivity index (χ1n) is 12.7. The topological polar surface area (TPSA) is 18.5 Å². The third-order valence-electron chi connectivity index (χ3n) is 5.80. The molecule has 174 valence electrons. The Hall–Kier alpha value is -2.92. The lowest BCUT2D eigenvalue weighted by Gasteiger charge is -2.07. The minimum atomic E-state index is 0.786. The van der Waals surface area contributed by atoms with Gasteiger partial charge in [0.2, 0.25) is 0 Å². The van der Waals surface area contributed by atoms with Gasteiger partial charge in [-0.1, -0.05) is 82.8 Å². The molecular weight excluding hydrogens is 404 g/mol. The largest absolute Gasteiger partial charge is 0.494 e. The molecule has 33 heavy (non-hydrogen) atoms. The number of ether oxygens (including phenoxy) is 2. The van der Waals surface area contributed by atoms with Crippen LogP contribution in [0, 0.1) is 11.8 Å². The second-order valence-electron chi connectivity index (χ2n) is 8.67. The minimum absolute atomic E-state index is 0.786. The van der Waals surface area contributed by atoms with E-state index in [-0.39, 0.29) is 0 Å². The zero-order valence-corrected chi connectivity index (χ0v) is 20.4. The molecule has 0 aliphatic rings. The molecule has 3 aromatic carbocycles. The van der Waals surface area contributed by atoms with Crippen LogP contribution in [0.4, 0.5) is 0 Å². The lowest BCUT2D eigenvalue weighted by atomic mass is 10.1. The second kappa shape index (κ2) is 14.3. The van der Waals surface area contributed by atoms with Crippen molar-refractivity contribution in [3.63, 3.8) is 0 Å². The highest BCUT2D eigenvalue weighted by Gasteiger charge is 2.00. The predicted octanol–water partition coefficient (Wildman–Crippen LogP) is 8.55. The first kappa shape index (κ1) is 24.7. The Morgan fingerprint density at radius 2 is 1.03 bits per heavy atom. The van der Waals surface area contributed by atoms with Gasteiger partial charge in [0, 0.05) is 11.1 Å². The van der Waals surface area contributed by atoms with Gasteiger partial charge in [0.1, 0.15) is 11.5 Å². The summed E-state index contributed by atoms with van der Waals surface area (Å²) < 4.78 is 11.8. The predicted molar refractivity (Wildman–Crippen MR) is 140 cm³/mol. The van der Waals surface area contributed by atoms with Crippen LogP contribution in [0.2, 0.25) is 0 Å². The van der Waals surface area contributed by atoms with Crippen LogP contribution < -0.4 is 9.47 Å². The van der Waals surface area contributed by atoms with Gasteiger partial charge in [0.05, 0.1) is 13.2 Å². The Morgan fingerprint density at radius 1 is 0.515 bits per heavy atom. The molecule has 0 heterocycles. The maximum absolute atomic E-state index is 5.94. The summed E-state index contributed by atoms with van der Waals surface area (Å²) in [6, 6.07) is 20.7. The van der Waals surface area contributed by atoms with Crippen LogP contribution >= 0.6 is 0 Å². The van der Waals surface area contributed by atoms with Gasteiger partial charge < -0.3 is 9.47 Å². The highest BCUT2D eigenvalue weighted by Crippen LogP contribution is 2.22. The molecule has 3 rings (SSSR count). The van der Waals surface area contributed by atoms with Gasteiger partial charge in [-0.15, -0.1) is 0 Å². The van der Waals surface area contributed by atoms with E-state index in [2.05, 4.69) is 62.1 Å². The van der Waals surface area contributed by atoms with Crippen molar-refractivity contribution in [1.29, 1.82) is 0 Å². The molecule has 0 fully saturated rings. The van der Waals surface area contributed by atoms with E-state index in [9.17, 15) is 0 Å². The third kappa shape index (κ3) is 8.85. The average molecular weight is 443 g/mol. The summed E-state index contributed by atoms with van der Waals surface area (Å²) in [5.74, 6) is 8.42. The molecule has 0 aliphatic carbocycles. The minimum Gasteiger partial charge on any atom is -0.494 e. The number of hydrogen-bond acceptors (Lipinski definition) is 2. The van der Waals surface area contributed by atoms with Crippen LogP contribution in [0.25, 0.3) is 10.8 Å². The van der Waals surface area contributed by atoms with Gasteiger partial charge in [0.15, 0.2) is 0 Å². The summed E-state index contributed by atoms with van der Waals surface area (Å²) in [7, 11) is 0. The molecular formula is C31H38O2. The fourth-order valence-electron chi connectivity index (χ4n) is 3.78. The molecule has 0 amide bonds. The highest BCUT2D eigenvalue weighted by molar-refractivity contribution is 5.85. The lowest BCUT2D eigenvalue weighted by Crippen LogP contribution is -1.97. The maximum Gasteiger partial charge on any atom is 0.119 e. The van der Waals surface area contributed by atoms with Crippen molar-refractivity contribution in [3.05, 3.63) is 71.8 Å². The molecule has 0 bridgehead atoms. The normalized spacial score (nSPS) is 10.6. The van der Waals surface area contributed by atoms with Crippen molar-refractivity contribution in [2.45, 2.75) is 71.6 Å². The van der Waals surface area contributed by atoms with Crippen molar-refractivity contribution >= 4 is 10.8 Å². The van der Waals surface area contributed by atoms with Crippen LogP contribution in [-0.2, 0) is 0 Å². The summed E-state index contributed by atoms with van der Waals surface area (Å²) in [4.78, 5) is 0. The monoisotopic (exact) mass is 442 g/mol. The maximum atomic E-state index is 5.94. The SMILES string of the molecule is CCCCCCCOc1ccc2cc(C#Cc3ccc(OCCCCCC)cc3)ccc2c1. The highest BCUT2D eigenvalue weighted by atomic mass is 16.5. The molecule has 0 aliphatic heterocycles. The van der Waals surface area contributed by atoms with Crippen LogP contribution in [0.5, 0.6) is 11.5 Å². The van der Waals surface area contributed by atoms with Gasteiger partial charge >= 0.3 is 0 Å². The molecule has 0 aromatic heterocycles. The van der Waals surface area contributed by atoms with Crippen LogP contribution in [0.1, 0.15) is 82.8 Å². The summed E-state index contributed by atoms with van der Waals surface area (Å²) in [5, 5.41) is 2.37. The van der Waals surface area contributed by atoms with E-state index in [0.29, 0.717) is 0 Å². The summed E-state index contributed by atoms with van der Waals surface area (Å²) >= 11 is 0. The molecule has 3 aromatic rings. The number of rotatable bonds is 13. The van der Waals surface area contributed by atoms with Crippen molar-refractivity contribution in [2.75, 3.05) is 13.2 Å². The summed E-state index contributed by atoms with van der Waals surface area (Å²) in [6.07, 6.45) is 11.2. The van der Waals surface area contributed by atoms with E-state index in [1.165, 1.54) is 55.7 Å². The van der Waals surface area contributed by atoms with E-state index in [1.54, 1.807) is 0 Å². The van der Waals surface area contributed by atoms with E-state index in [1.807, 2.05) is 24.3 Å². The quantitative estimate of drug-likeness (QED) is 0.195. The number of hydrogen-bond donors (Lipinski definition) is 0. The van der Waals surface area contributed by atoms with Gasteiger partial charge in [-0.2, -0.15) is 0 Å². The van der Waals surface area contributed by atoms with Crippen molar-refractivity contribution < 1.29 is 9.47 Å². The van der Waals surface area contributed by atoms with E-state index in [0.717, 1.165) is 48.7 Å². The fraction of sp³-hybridized carbons (Fsp3) is 0.419. The van der Waals surface area contributed by atoms with Gasteiger partial charge in [-0.3, -0.25) is 0 Å². The van der Waals surface area contributed by atoms with Gasteiger partial charge in [-0.05, 0) is 72.1 Å².